The number of carbonyl (C=O) groups excluding carboxylic acids is 2. The van der Waals surface area contributed by atoms with Gasteiger partial charge in [0.1, 0.15) is 18.9 Å². The highest BCUT2D eigenvalue weighted by Crippen LogP contribution is 2.32. The summed E-state index contributed by atoms with van der Waals surface area (Å²) in [4.78, 5) is 29.0. The standard InChI is InChI=1S/C21H20N4O4S/c26-20(19-15-3-1-2-4-18(15)30-23-19)24-7-9-25(10-8-24)21(27)22-14-5-6-16-17(13-14)29-12-11-28-16/h1-6,13H,7-12H2,(H,22,27). The Morgan fingerprint density at radius 1 is 0.933 bits per heavy atom. The van der Waals surface area contributed by atoms with Gasteiger partial charge in [0.15, 0.2) is 11.5 Å². The highest BCUT2D eigenvalue weighted by molar-refractivity contribution is 7.13. The highest BCUT2D eigenvalue weighted by atomic mass is 32.1. The molecule has 5 rings (SSSR count). The van der Waals surface area contributed by atoms with Crippen molar-refractivity contribution in [2.45, 2.75) is 0 Å². The quantitative estimate of drug-likeness (QED) is 0.684. The van der Waals surface area contributed by atoms with Gasteiger partial charge < -0.3 is 24.6 Å². The molecule has 30 heavy (non-hydrogen) atoms. The van der Waals surface area contributed by atoms with Crippen molar-refractivity contribution in [3.05, 3.63) is 48.2 Å². The van der Waals surface area contributed by atoms with Crippen LogP contribution in [0.1, 0.15) is 10.5 Å². The summed E-state index contributed by atoms with van der Waals surface area (Å²) in [7, 11) is 0. The van der Waals surface area contributed by atoms with E-state index in [1.807, 2.05) is 24.3 Å². The van der Waals surface area contributed by atoms with Crippen LogP contribution in [0.5, 0.6) is 11.5 Å². The summed E-state index contributed by atoms with van der Waals surface area (Å²) in [6.07, 6.45) is 0. The van der Waals surface area contributed by atoms with Crippen molar-refractivity contribution in [2.24, 2.45) is 0 Å². The van der Waals surface area contributed by atoms with E-state index in [2.05, 4.69) is 9.69 Å². The van der Waals surface area contributed by atoms with E-state index < -0.39 is 0 Å². The second-order valence-corrected chi connectivity index (χ2v) is 7.90. The van der Waals surface area contributed by atoms with Gasteiger partial charge in [-0.2, -0.15) is 4.37 Å². The fraction of sp³-hybridized carbons (Fsp3) is 0.286. The first-order chi connectivity index (χ1) is 14.7. The zero-order valence-electron chi connectivity index (χ0n) is 16.2. The predicted octanol–water partition coefficient (Wildman–Crippen LogP) is 3.06. The Balaban J connectivity index is 1.20. The number of urea groups is 1. The zero-order valence-corrected chi connectivity index (χ0v) is 17.0. The molecule has 8 nitrogen and oxygen atoms in total. The minimum atomic E-state index is -0.196. The average molecular weight is 424 g/mol. The fourth-order valence-electron chi connectivity index (χ4n) is 3.63. The van der Waals surface area contributed by atoms with Gasteiger partial charge in [-0.05, 0) is 29.7 Å². The second kappa shape index (κ2) is 7.83. The Labute approximate surface area is 177 Å². The Morgan fingerprint density at radius 2 is 1.67 bits per heavy atom. The number of benzene rings is 2. The van der Waals surface area contributed by atoms with Gasteiger partial charge in [-0.25, -0.2) is 4.79 Å². The van der Waals surface area contributed by atoms with Gasteiger partial charge in [-0.15, -0.1) is 0 Å². The number of nitrogens with zero attached hydrogens (tertiary/aromatic N) is 3. The summed E-state index contributed by atoms with van der Waals surface area (Å²) in [6, 6.07) is 12.9. The first kappa shape index (κ1) is 18.7. The van der Waals surface area contributed by atoms with Crippen LogP contribution < -0.4 is 14.8 Å². The van der Waals surface area contributed by atoms with Crippen LogP contribution in [-0.4, -0.2) is 65.5 Å². The van der Waals surface area contributed by atoms with Crippen molar-refractivity contribution >= 4 is 39.2 Å². The van der Waals surface area contributed by atoms with Gasteiger partial charge in [0.05, 0.1) is 4.70 Å². The summed E-state index contributed by atoms with van der Waals surface area (Å²) < 4.78 is 16.4. The van der Waals surface area contributed by atoms with Gasteiger partial charge in [-0.3, -0.25) is 4.79 Å². The summed E-state index contributed by atoms with van der Waals surface area (Å²) in [5.41, 5.74) is 1.14. The fourth-order valence-corrected chi connectivity index (χ4v) is 4.39. The lowest BCUT2D eigenvalue weighted by Crippen LogP contribution is -2.51. The Bertz CT molecular complexity index is 1110. The molecule has 2 aromatic carbocycles. The molecule has 1 saturated heterocycles. The number of amides is 3. The van der Waals surface area contributed by atoms with E-state index in [0.717, 1.165) is 10.1 Å². The summed E-state index contributed by atoms with van der Waals surface area (Å²) in [5, 5.41) is 3.78. The number of carbonyl (C=O) groups is 2. The second-order valence-electron chi connectivity index (χ2n) is 7.10. The smallest absolute Gasteiger partial charge is 0.321 e. The van der Waals surface area contributed by atoms with Crippen LogP contribution in [-0.2, 0) is 0 Å². The highest BCUT2D eigenvalue weighted by Gasteiger charge is 2.27. The van der Waals surface area contributed by atoms with Gasteiger partial charge in [0.2, 0.25) is 0 Å². The summed E-state index contributed by atoms with van der Waals surface area (Å²) in [6.45, 7) is 2.89. The molecule has 3 heterocycles. The number of anilines is 1. The van der Waals surface area contributed by atoms with E-state index >= 15 is 0 Å². The molecule has 3 amide bonds. The molecule has 0 radical (unpaired) electrons. The molecule has 1 N–H and O–H groups in total. The van der Waals surface area contributed by atoms with Gasteiger partial charge in [-0.1, -0.05) is 18.2 Å². The van der Waals surface area contributed by atoms with E-state index in [0.29, 0.717) is 62.3 Å². The number of nitrogens with one attached hydrogen (secondary N) is 1. The molecule has 154 valence electrons. The SMILES string of the molecule is O=C(Nc1ccc2c(c1)OCCO2)N1CCN(C(=O)c2nsc3ccccc23)CC1. The number of fused-ring (bicyclic) bond motifs is 2. The van der Waals surface area contributed by atoms with E-state index in [-0.39, 0.29) is 11.9 Å². The van der Waals surface area contributed by atoms with Crippen LogP contribution in [0.15, 0.2) is 42.5 Å². The molecule has 0 unspecified atom stereocenters. The third-order valence-electron chi connectivity index (χ3n) is 5.23. The van der Waals surface area contributed by atoms with Crippen molar-refractivity contribution < 1.29 is 19.1 Å². The molecule has 2 aliphatic heterocycles. The number of hydrogen-bond acceptors (Lipinski definition) is 6. The van der Waals surface area contributed by atoms with Crippen LogP contribution >= 0.6 is 11.5 Å². The third-order valence-corrected chi connectivity index (χ3v) is 6.05. The summed E-state index contributed by atoms with van der Waals surface area (Å²) >= 11 is 1.33. The van der Waals surface area contributed by atoms with Crippen molar-refractivity contribution in [3.63, 3.8) is 0 Å². The predicted molar refractivity (Wildman–Crippen MR) is 114 cm³/mol. The van der Waals surface area contributed by atoms with Gasteiger partial charge in [0, 0.05) is 43.3 Å². The third kappa shape index (κ3) is 3.52. The molecule has 1 aromatic heterocycles. The lowest BCUT2D eigenvalue weighted by molar-refractivity contribution is 0.0669. The van der Waals surface area contributed by atoms with Crippen molar-refractivity contribution in [3.8, 4) is 11.5 Å². The lowest BCUT2D eigenvalue weighted by atomic mass is 10.2. The van der Waals surface area contributed by atoms with Crippen LogP contribution in [0.2, 0.25) is 0 Å². The normalized spacial score (nSPS) is 15.9. The average Bonchev–Trinajstić information content (AvgIpc) is 3.23. The molecule has 0 bridgehead atoms. The van der Waals surface area contributed by atoms with Crippen LogP contribution in [0.25, 0.3) is 10.1 Å². The molecule has 3 aromatic rings. The van der Waals surface area contributed by atoms with Crippen molar-refractivity contribution in [1.29, 1.82) is 0 Å². The molecule has 0 saturated carbocycles. The maximum atomic E-state index is 12.9. The molecule has 1 fully saturated rings. The van der Waals surface area contributed by atoms with Gasteiger partial charge >= 0.3 is 6.03 Å². The largest absolute Gasteiger partial charge is 0.486 e. The zero-order chi connectivity index (χ0) is 20.5. The Hall–Kier alpha value is -3.33. The molecular formula is C21H20N4O4S. The van der Waals surface area contributed by atoms with E-state index in [4.69, 9.17) is 9.47 Å². The van der Waals surface area contributed by atoms with Crippen LogP contribution in [0, 0.1) is 0 Å². The van der Waals surface area contributed by atoms with Gasteiger partial charge in [0.25, 0.3) is 5.91 Å². The maximum absolute atomic E-state index is 12.9. The minimum Gasteiger partial charge on any atom is -0.486 e. The van der Waals surface area contributed by atoms with Crippen LogP contribution in [0.3, 0.4) is 0 Å². The number of rotatable bonds is 2. The molecule has 0 spiro atoms. The number of ether oxygens (including phenoxy) is 2. The molecular weight excluding hydrogens is 404 g/mol. The lowest BCUT2D eigenvalue weighted by Gasteiger charge is -2.34. The minimum absolute atomic E-state index is 0.0839. The van der Waals surface area contributed by atoms with Crippen molar-refractivity contribution in [1.82, 2.24) is 14.2 Å². The van der Waals surface area contributed by atoms with E-state index in [9.17, 15) is 9.59 Å². The van der Waals surface area contributed by atoms with Crippen LogP contribution in [0.4, 0.5) is 10.5 Å². The first-order valence-electron chi connectivity index (χ1n) is 9.78. The Kier molecular flexibility index (Phi) is 4.88. The number of hydrogen-bond donors (Lipinski definition) is 1. The number of aromatic nitrogens is 1. The Morgan fingerprint density at radius 3 is 2.50 bits per heavy atom. The maximum Gasteiger partial charge on any atom is 0.321 e. The first-order valence-corrected chi connectivity index (χ1v) is 10.6. The number of piperazine rings is 1. The topological polar surface area (TPSA) is 84.0 Å². The van der Waals surface area contributed by atoms with Crippen molar-refractivity contribution in [2.75, 3.05) is 44.7 Å². The monoisotopic (exact) mass is 424 g/mol. The molecule has 9 heteroatoms. The van der Waals surface area contributed by atoms with E-state index in [1.165, 1.54) is 11.5 Å². The molecule has 2 aliphatic rings. The molecule has 0 aliphatic carbocycles. The van der Waals surface area contributed by atoms with E-state index in [1.54, 1.807) is 28.0 Å². The molecule has 0 atom stereocenters. The summed E-state index contributed by atoms with van der Waals surface area (Å²) in [5.74, 6) is 1.23.